The van der Waals surface area contributed by atoms with Crippen molar-refractivity contribution in [3.05, 3.63) is 83.4 Å². The Morgan fingerprint density at radius 2 is 1.64 bits per heavy atom. The van der Waals surface area contributed by atoms with E-state index < -0.39 is 30.3 Å². The molecule has 0 bridgehead atoms. The number of methoxy groups -OCH3 is 1. The number of ether oxygens (including phenoxy) is 3. The first-order chi connectivity index (χ1) is 20.1. The molecule has 0 aliphatic rings. The SMILES string of the molecule is CCC(C)C(NC(=O)COC)C(=O)OC(C)OC(=O)N(CCCc1cccc(C)c1)[C@H](C)c1cccc2ccccc12. The van der Waals surface area contributed by atoms with Gasteiger partial charge in [0.05, 0.1) is 6.04 Å². The van der Waals surface area contributed by atoms with Gasteiger partial charge in [0, 0.05) is 20.6 Å². The summed E-state index contributed by atoms with van der Waals surface area (Å²) in [4.78, 5) is 40.5. The first-order valence-electron chi connectivity index (χ1n) is 14.6. The molecular formula is C34H44N2O6. The molecule has 0 heterocycles. The van der Waals surface area contributed by atoms with Crippen LogP contribution in [0.25, 0.3) is 10.8 Å². The normalized spacial score (nSPS) is 14.0. The average Bonchev–Trinajstić information content (AvgIpc) is 2.97. The number of rotatable bonds is 14. The molecule has 2 amide bonds. The van der Waals surface area contributed by atoms with Gasteiger partial charge in [-0.25, -0.2) is 9.59 Å². The summed E-state index contributed by atoms with van der Waals surface area (Å²) in [5.74, 6) is -1.28. The Balaban J connectivity index is 1.76. The van der Waals surface area contributed by atoms with E-state index in [1.54, 1.807) is 4.90 Å². The number of nitrogens with one attached hydrogen (secondary N) is 1. The summed E-state index contributed by atoms with van der Waals surface area (Å²) in [6.45, 7) is 9.59. The zero-order valence-electron chi connectivity index (χ0n) is 25.6. The van der Waals surface area contributed by atoms with Crippen LogP contribution in [-0.4, -0.2) is 55.5 Å². The van der Waals surface area contributed by atoms with E-state index in [-0.39, 0.29) is 18.6 Å². The lowest BCUT2D eigenvalue weighted by Gasteiger charge is -2.31. The van der Waals surface area contributed by atoms with Gasteiger partial charge in [-0.05, 0) is 54.5 Å². The van der Waals surface area contributed by atoms with Crippen LogP contribution in [0.5, 0.6) is 0 Å². The van der Waals surface area contributed by atoms with Crippen LogP contribution >= 0.6 is 0 Å². The van der Waals surface area contributed by atoms with E-state index in [9.17, 15) is 14.4 Å². The van der Waals surface area contributed by atoms with E-state index in [0.29, 0.717) is 13.0 Å². The van der Waals surface area contributed by atoms with E-state index in [0.717, 1.165) is 29.2 Å². The summed E-state index contributed by atoms with van der Waals surface area (Å²) < 4.78 is 16.1. The fraction of sp³-hybridized carbons (Fsp3) is 0.441. The van der Waals surface area contributed by atoms with Crippen molar-refractivity contribution in [2.24, 2.45) is 5.92 Å². The number of carbonyl (C=O) groups excluding carboxylic acids is 3. The fourth-order valence-corrected chi connectivity index (χ4v) is 5.03. The van der Waals surface area contributed by atoms with Crippen molar-refractivity contribution < 1.29 is 28.6 Å². The number of esters is 1. The fourth-order valence-electron chi connectivity index (χ4n) is 5.03. The lowest BCUT2D eigenvalue weighted by Crippen LogP contribution is -2.48. The molecule has 3 unspecified atom stereocenters. The summed E-state index contributed by atoms with van der Waals surface area (Å²) in [5, 5.41) is 4.81. The summed E-state index contributed by atoms with van der Waals surface area (Å²) in [6, 6.07) is 21.3. The van der Waals surface area contributed by atoms with Gasteiger partial charge in [0.1, 0.15) is 12.6 Å². The Hall–Kier alpha value is -3.91. The summed E-state index contributed by atoms with van der Waals surface area (Å²) in [5.41, 5.74) is 3.40. The Labute approximate surface area is 249 Å². The van der Waals surface area contributed by atoms with Crippen LogP contribution in [0.1, 0.15) is 63.3 Å². The van der Waals surface area contributed by atoms with Crippen LogP contribution in [-0.2, 0) is 30.2 Å². The number of fused-ring (bicyclic) bond motifs is 1. The average molecular weight is 577 g/mol. The van der Waals surface area contributed by atoms with Gasteiger partial charge < -0.3 is 24.4 Å². The molecule has 3 aromatic carbocycles. The van der Waals surface area contributed by atoms with Crippen molar-refractivity contribution in [2.75, 3.05) is 20.3 Å². The zero-order chi connectivity index (χ0) is 30.6. The van der Waals surface area contributed by atoms with E-state index in [4.69, 9.17) is 14.2 Å². The van der Waals surface area contributed by atoms with E-state index in [1.165, 1.54) is 25.2 Å². The van der Waals surface area contributed by atoms with Crippen molar-refractivity contribution in [1.29, 1.82) is 0 Å². The number of hydrogen-bond donors (Lipinski definition) is 1. The van der Waals surface area contributed by atoms with Gasteiger partial charge in [0.25, 0.3) is 0 Å². The van der Waals surface area contributed by atoms with Gasteiger partial charge in [0.15, 0.2) is 0 Å². The third-order valence-corrected chi connectivity index (χ3v) is 7.53. The Bertz CT molecular complexity index is 1340. The highest BCUT2D eigenvalue weighted by molar-refractivity contribution is 5.87. The predicted molar refractivity (Wildman–Crippen MR) is 164 cm³/mol. The second kappa shape index (κ2) is 15.9. The van der Waals surface area contributed by atoms with Gasteiger partial charge in [0.2, 0.25) is 12.2 Å². The van der Waals surface area contributed by atoms with Crippen molar-refractivity contribution in [2.45, 2.75) is 72.3 Å². The summed E-state index contributed by atoms with van der Waals surface area (Å²) >= 11 is 0. The minimum Gasteiger partial charge on any atom is -0.424 e. The van der Waals surface area contributed by atoms with Crippen molar-refractivity contribution >= 4 is 28.7 Å². The molecular weight excluding hydrogens is 532 g/mol. The smallest absolute Gasteiger partial charge is 0.413 e. The molecule has 226 valence electrons. The molecule has 0 saturated heterocycles. The molecule has 3 rings (SSSR count). The lowest BCUT2D eigenvalue weighted by atomic mass is 9.98. The van der Waals surface area contributed by atoms with Crippen LogP contribution in [0.4, 0.5) is 4.79 Å². The van der Waals surface area contributed by atoms with Crippen LogP contribution in [0.2, 0.25) is 0 Å². The third-order valence-electron chi connectivity index (χ3n) is 7.53. The van der Waals surface area contributed by atoms with Crippen LogP contribution in [0.3, 0.4) is 0 Å². The van der Waals surface area contributed by atoms with E-state index in [1.807, 2.05) is 63.2 Å². The quantitative estimate of drug-likeness (QED) is 0.178. The molecule has 0 radical (unpaired) electrons. The van der Waals surface area contributed by atoms with Gasteiger partial charge in [-0.2, -0.15) is 0 Å². The number of benzene rings is 3. The van der Waals surface area contributed by atoms with Gasteiger partial charge in [-0.15, -0.1) is 0 Å². The molecule has 0 saturated carbocycles. The maximum Gasteiger partial charge on any atom is 0.413 e. The maximum absolute atomic E-state index is 13.6. The molecule has 0 aromatic heterocycles. The molecule has 4 atom stereocenters. The Kier molecular flexibility index (Phi) is 12.4. The highest BCUT2D eigenvalue weighted by atomic mass is 16.7. The van der Waals surface area contributed by atoms with E-state index in [2.05, 4.69) is 36.5 Å². The summed E-state index contributed by atoms with van der Waals surface area (Å²) in [6.07, 6.45) is 0.427. The maximum atomic E-state index is 13.6. The number of nitrogens with zero attached hydrogens (tertiary/aromatic N) is 1. The van der Waals surface area contributed by atoms with Gasteiger partial charge in [-0.3, -0.25) is 4.79 Å². The zero-order valence-corrected chi connectivity index (χ0v) is 25.6. The second-order valence-electron chi connectivity index (χ2n) is 10.8. The largest absolute Gasteiger partial charge is 0.424 e. The molecule has 0 aliphatic heterocycles. The molecule has 42 heavy (non-hydrogen) atoms. The third kappa shape index (κ3) is 9.05. The number of hydrogen-bond acceptors (Lipinski definition) is 6. The topological polar surface area (TPSA) is 94.2 Å². The van der Waals surface area contributed by atoms with Gasteiger partial charge in [-0.1, -0.05) is 92.6 Å². The van der Waals surface area contributed by atoms with Crippen LogP contribution in [0.15, 0.2) is 66.7 Å². The first kappa shape index (κ1) is 32.6. The van der Waals surface area contributed by atoms with E-state index >= 15 is 0 Å². The number of aryl methyl sites for hydroxylation is 2. The molecule has 1 N–H and O–H groups in total. The number of amides is 2. The highest BCUT2D eigenvalue weighted by Crippen LogP contribution is 2.29. The second-order valence-corrected chi connectivity index (χ2v) is 10.8. The molecule has 0 fully saturated rings. The van der Waals surface area contributed by atoms with Gasteiger partial charge >= 0.3 is 12.1 Å². The van der Waals surface area contributed by atoms with Crippen LogP contribution < -0.4 is 5.32 Å². The van der Waals surface area contributed by atoms with Crippen molar-refractivity contribution in [3.63, 3.8) is 0 Å². The minimum absolute atomic E-state index is 0.172. The highest BCUT2D eigenvalue weighted by Gasteiger charge is 2.31. The monoisotopic (exact) mass is 576 g/mol. The van der Waals surface area contributed by atoms with Crippen LogP contribution in [0, 0.1) is 12.8 Å². The molecule has 3 aromatic rings. The number of carbonyl (C=O) groups is 3. The molecule has 8 heteroatoms. The van der Waals surface area contributed by atoms with Crippen molar-refractivity contribution in [3.8, 4) is 0 Å². The van der Waals surface area contributed by atoms with Crippen molar-refractivity contribution in [1.82, 2.24) is 10.2 Å². The molecule has 0 spiro atoms. The molecule has 0 aliphatic carbocycles. The summed E-state index contributed by atoms with van der Waals surface area (Å²) in [7, 11) is 1.41. The Morgan fingerprint density at radius 3 is 2.36 bits per heavy atom. The Morgan fingerprint density at radius 1 is 0.929 bits per heavy atom. The predicted octanol–water partition coefficient (Wildman–Crippen LogP) is 6.35. The molecule has 8 nitrogen and oxygen atoms in total. The standard InChI is InChI=1S/C34H44N2O6/c1-7-24(3)32(35-31(37)22-40-6)33(38)41-26(5)42-34(39)36(20-12-15-27-14-10-13-23(2)21-27)25(4)29-19-11-17-28-16-8-9-18-30(28)29/h8-11,13-14,16-19,21,24-26,32H,7,12,15,20,22H2,1-6H3,(H,35,37)/t24?,25-,26?,32?/m1/s1. The lowest BCUT2D eigenvalue weighted by molar-refractivity contribution is -0.171. The first-order valence-corrected chi connectivity index (χ1v) is 14.6. The minimum atomic E-state index is -1.16.